The SMILES string of the molecule is Cc1cccc(-c2ccc3nc(Cc4cc(CN5CCN(C(=O)OC(C)(C)C)CC5)ccn4)[nH]c3c2)n1. The van der Waals surface area contributed by atoms with Crippen LogP contribution in [0.5, 0.6) is 0 Å². The summed E-state index contributed by atoms with van der Waals surface area (Å²) in [5, 5.41) is 0. The molecule has 1 fully saturated rings. The van der Waals surface area contributed by atoms with Gasteiger partial charge in [-0.15, -0.1) is 0 Å². The Bertz CT molecular complexity index is 1400. The van der Waals surface area contributed by atoms with E-state index in [2.05, 4.69) is 44.1 Å². The molecule has 0 bridgehead atoms. The molecular weight excluding hydrogens is 464 g/mol. The summed E-state index contributed by atoms with van der Waals surface area (Å²) < 4.78 is 5.51. The molecule has 0 spiro atoms. The van der Waals surface area contributed by atoms with Gasteiger partial charge in [-0.2, -0.15) is 0 Å². The topological polar surface area (TPSA) is 87.2 Å². The van der Waals surface area contributed by atoms with Crippen molar-refractivity contribution in [3.63, 3.8) is 0 Å². The molecule has 8 nitrogen and oxygen atoms in total. The molecule has 0 atom stereocenters. The molecule has 192 valence electrons. The molecule has 1 saturated heterocycles. The minimum Gasteiger partial charge on any atom is -0.444 e. The number of hydrogen-bond acceptors (Lipinski definition) is 6. The van der Waals surface area contributed by atoms with Gasteiger partial charge in [-0.25, -0.2) is 9.78 Å². The van der Waals surface area contributed by atoms with Crippen LogP contribution in [0.3, 0.4) is 0 Å². The molecule has 5 rings (SSSR count). The zero-order valence-corrected chi connectivity index (χ0v) is 22.0. The van der Waals surface area contributed by atoms with Gasteiger partial charge in [-0.3, -0.25) is 14.9 Å². The largest absolute Gasteiger partial charge is 0.444 e. The Hall–Kier alpha value is -3.78. The Morgan fingerprint density at radius 2 is 1.84 bits per heavy atom. The molecule has 0 saturated carbocycles. The van der Waals surface area contributed by atoms with E-state index in [9.17, 15) is 4.79 Å². The number of imidazole rings is 1. The van der Waals surface area contributed by atoms with Crippen LogP contribution in [-0.4, -0.2) is 67.6 Å². The third-order valence-electron chi connectivity index (χ3n) is 6.37. The maximum atomic E-state index is 12.3. The van der Waals surface area contributed by atoms with E-state index < -0.39 is 5.60 Å². The minimum atomic E-state index is -0.470. The highest BCUT2D eigenvalue weighted by atomic mass is 16.6. The Morgan fingerprint density at radius 1 is 1.03 bits per heavy atom. The fraction of sp³-hybridized carbons (Fsp3) is 0.379. The summed E-state index contributed by atoms with van der Waals surface area (Å²) >= 11 is 0. The number of nitrogens with one attached hydrogen (secondary N) is 1. The summed E-state index contributed by atoms with van der Waals surface area (Å²) in [5.41, 5.74) is 6.67. The number of aromatic nitrogens is 4. The van der Waals surface area contributed by atoms with Crippen molar-refractivity contribution in [2.24, 2.45) is 0 Å². The maximum absolute atomic E-state index is 12.3. The van der Waals surface area contributed by atoms with Crippen LogP contribution in [0.15, 0.2) is 54.7 Å². The highest BCUT2D eigenvalue weighted by molar-refractivity contribution is 5.81. The molecule has 3 aromatic heterocycles. The van der Waals surface area contributed by atoms with Gasteiger partial charge in [0.1, 0.15) is 11.4 Å². The number of aryl methyl sites for hydroxylation is 1. The molecule has 0 unspecified atom stereocenters. The highest BCUT2D eigenvalue weighted by Gasteiger charge is 2.25. The van der Waals surface area contributed by atoms with Gasteiger partial charge in [0.15, 0.2) is 0 Å². The van der Waals surface area contributed by atoms with Crippen molar-refractivity contribution in [3.8, 4) is 11.3 Å². The first-order chi connectivity index (χ1) is 17.7. The van der Waals surface area contributed by atoms with Gasteiger partial charge in [0.2, 0.25) is 0 Å². The number of carbonyl (C=O) groups excluding carboxylic acids is 1. The van der Waals surface area contributed by atoms with Crippen molar-refractivity contribution >= 4 is 17.1 Å². The Kier molecular flexibility index (Phi) is 6.93. The van der Waals surface area contributed by atoms with Crippen LogP contribution < -0.4 is 0 Å². The Labute approximate surface area is 217 Å². The van der Waals surface area contributed by atoms with Crippen molar-refractivity contribution in [3.05, 3.63) is 77.5 Å². The van der Waals surface area contributed by atoms with Crippen LogP contribution in [0, 0.1) is 6.92 Å². The van der Waals surface area contributed by atoms with Crippen LogP contribution >= 0.6 is 0 Å². The molecule has 37 heavy (non-hydrogen) atoms. The number of hydrogen-bond donors (Lipinski definition) is 1. The summed E-state index contributed by atoms with van der Waals surface area (Å²) in [6.07, 6.45) is 2.27. The van der Waals surface area contributed by atoms with Gasteiger partial charge >= 0.3 is 6.09 Å². The molecule has 4 heterocycles. The summed E-state index contributed by atoms with van der Waals surface area (Å²) in [6.45, 7) is 11.5. The number of ether oxygens (including phenoxy) is 1. The standard InChI is InChI=1S/C29H34N6O2/c1-20-6-5-7-24(31-20)22-8-9-25-26(17-22)33-27(32-25)18-23-16-21(10-11-30-23)19-34-12-14-35(15-13-34)28(36)37-29(2,3)4/h5-11,16-17H,12-15,18-19H2,1-4H3,(H,32,33). The summed E-state index contributed by atoms with van der Waals surface area (Å²) in [6, 6.07) is 16.5. The molecular formula is C29H34N6O2. The van der Waals surface area contributed by atoms with Crippen LogP contribution in [0.1, 0.15) is 43.5 Å². The highest BCUT2D eigenvalue weighted by Crippen LogP contribution is 2.23. The molecule has 1 aliphatic heterocycles. The van der Waals surface area contributed by atoms with Gasteiger partial charge in [0.25, 0.3) is 0 Å². The summed E-state index contributed by atoms with van der Waals surface area (Å²) in [5.74, 6) is 0.889. The number of nitrogens with zero attached hydrogens (tertiary/aromatic N) is 5. The lowest BCUT2D eigenvalue weighted by Gasteiger charge is -2.35. The van der Waals surface area contributed by atoms with Gasteiger partial charge in [0.05, 0.1) is 16.7 Å². The molecule has 0 radical (unpaired) electrons. The number of carbonyl (C=O) groups is 1. The number of benzene rings is 1. The van der Waals surface area contributed by atoms with Crippen LogP contribution in [0.4, 0.5) is 4.79 Å². The molecule has 1 aromatic carbocycles. The number of H-pyrrole nitrogens is 1. The molecule has 4 aromatic rings. The fourth-order valence-electron chi connectivity index (χ4n) is 4.58. The fourth-order valence-corrected chi connectivity index (χ4v) is 4.58. The number of piperazine rings is 1. The number of fused-ring (bicyclic) bond motifs is 1. The summed E-state index contributed by atoms with van der Waals surface area (Å²) in [7, 11) is 0. The maximum Gasteiger partial charge on any atom is 0.410 e. The minimum absolute atomic E-state index is 0.230. The number of aromatic amines is 1. The van der Waals surface area contributed by atoms with E-state index >= 15 is 0 Å². The second kappa shape index (κ2) is 10.3. The van der Waals surface area contributed by atoms with Gasteiger partial charge in [0, 0.05) is 62.3 Å². The van der Waals surface area contributed by atoms with Crippen molar-refractivity contribution in [1.29, 1.82) is 0 Å². The third-order valence-corrected chi connectivity index (χ3v) is 6.37. The van der Waals surface area contributed by atoms with Crippen LogP contribution in [0.2, 0.25) is 0 Å². The van der Waals surface area contributed by atoms with Crippen molar-refractivity contribution < 1.29 is 9.53 Å². The zero-order chi connectivity index (χ0) is 26.0. The van der Waals surface area contributed by atoms with E-state index in [1.807, 2.05) is 58.2 Å². The molecule has 1 aliphatic rings. The molecule has 1 amide bonds. The second-order valence-corrected chi connectivity index (χ2v) is 10.7. The lowest BCUT2D eigenvalue weighted by atomic mass is 10.1. The lowest BCUT2D eigenvalue weighted by Crippen LogP contribution is -2.49. The smallest absolute Gasteiger partial charge is 0.410 e. The quantitative estimate of drug-likeness (QED) is 0.418. The van der Waals surface area contributed by atoms with E-state index in [1.165, 1.54) is 5.56 Å². The molecule has 1 N–H and O–H groups in total. The predicted octanol–water partition coefficient (Wildman–Crippen LogP) is 4.97. The van der Waals surface area contributed by atoms with Crippen LogP contribution in [0.25, 0.3) is 22.3 Å². The molecule has 8 heteroatoms. The van der Waals surface area contributed by atoms with Gasteiger partial charge < -0.3 is 14.6 Å². The van der Waals surface area contributed by atoms with E-state index in [0.717, 1.165) is 59.1 Å². The van der Waals surface area contributed by atoms with Crippen LogP contribution in [-0.2, 0) is 17.7 Å². The van der Waals surface area contributed by atoms with Gasteiger partial charge in [-0.05, 0) is 69.7 Å². The summed E-state index contributed by atoms with van der Waals surface area (Å²) in [4.78, 5) is 33.9. The first-order valence-corrected chi connectivity index (χ1v) is 12.8. The number of rotatable bonds is 5. The van der Waals surface area contributed by atoms with E-state index in [0.29, 0.717) is 19.5 Å². The number of pyridine rings is 2. The van der Waals surface area contributed by atoms with Crippen molar-refractivity contribution in [2.75, 3.05) is 26.2 Å². The lowest BCUT2D eigenvalue weighted by molar-refractivity contribution is 0.0139. The van der Waals surface area contributed by atoms with Crippen molar-refractivity contribution in [2.45, 2.75) is 46.3 Å². The predicted molar refractivity (Wildman–Crippen MR) is 144 cm³/mol. The third kappa shape index (κ3) is 6.32. The second-order valence-electron chi connectivity index (χ2n) is 10.7. The first kappa shape index (κ1) is 24.9. The normalized spacial score (nSPS) is 14.8. The Morgan fingerprint density at radius 3 is 2.59 bits per heavy atom. The number of amides is 1. The first-order valence-electron chi connectivity index (χ1n) is 12.8. The van der Waals surface area contributed by atoms with E-state index in [1.54, 1.807) is 4.90 Å². The average Bonchev–Trinajstić information content (AvgIpc) is 3.25. The van der Waals surface area contributed by atoms with E-state index in [-0.39, 0.29) is 6.09 Å². The van der Waals surface area contributed by atoms with E-state index in [4.69, 9.17) is 9.72 Å². The Balaban J connectivity index is 1.21. The van der Waals surface area contributed by atoms with Crippen molar-refractivity contribution in [1.82, 2.24) is 29.7 Å². The molecule has 0 aliphatic carbocycles. The average molecular weight is 499 g/mol. The monoisotopic (exact) mass is 498 g/mol. The zero-order valence-electron chi connectivity index (χ0n) is 22.0. The van der Waals surface area contributed by atoms with Gasteiger partial charge in [-0.1, -0.05) is 12.1 Å².